The number of nitrogens with zero attached hydrogens (tertiary/aromatic N) is 4. The van der Waals surface area contributed by atoms with E-state index in [1.807, 2.05) is 43.3 Å². The lowest BCUT2D eigenvalue weighted by atomic mass is 9.92. The zero-order chi connectivity index (χ0) is 19.4. The summed E-state index contributed by atoms with van der Waals surface area (Å²) in [4.78, 5) is 12.4. The van der Waals surface area contributed by atoms with Gasteiger partial charge in [-0.3, -0.25) is 5.32 Å². The Labute approximate surface area is 162 Å². The van der Waals surface area contributed by atoms with E-state index >= 15 is 0 Å². The fraction of sp³-hybridized carbons (Fsp3) is 0.368. The molecule has 7 nitrogen and oxygen atoms in total. The van der Waals surface area contributed by atoms with Crippen LogP contribution in [-0.4, -0.2) is 26.0 Å². The number of anilines is 1. The van der Waals surface area contributed by atoms with Crippen LogP contribution in [0.25, 0.3) is 5.69 Å². The normalized spacial score (nSPS) is 11.4. The van der Waals surface area contributed by atoms with Crippen molar-refractivity contribution in [3.05, 3.63) is 52.1 Å². The van der Waals surface area contributed by atoms with Gasteiger partial charge in [0.25, 0.3) is 0 Å². The van der Waals surface area contributed by atoms with Gasteiger partial charge in [0.05, 0.1) is 17.9 Å². The molecule has 2 heterocycles. The summed E-state index contributed by atoms with van der Waals surface area (Å²) in [6, 6.07) is 11.3. The number of carbonyl (C=O) groups is 1. The Morgan fingerprint density at radius 3 is 2.48 bits per heavy atom. The zero-order valence-corrected chi connectivity index (χ0v) is 16.8. The maximum Gasteiger partial charge on any atom is 0.320 e. The molecule has 0 radical (unpaired) electrons. The van der Waals surface area contributed by atoms with Crippen molar-refractivity contribution < 1.29 is 4.79 Å². The molecule has 0 fully saturated rings. The number of urea groups is 1. The van der Waals surface area contributed by atoms with Gasteiger partial charge in [-0.15, -0.1) is 10.2 Å². The molecule has 2 amide bonds. The largest absolute Gasteiger partial charge is 0.331 e. The van der Waals surface area contributed by atoms with Crippen LogP contribution in [0.3, 0.4) is 0 Å². The third-order valence-corrected chi connectivity index (χ3v) is 5.00. The lowest BCUT2D eigenvalue weighted by molar-refractivity contribution is 0.251. The van der Waals surface area contributed by atoms with Crippen LogP contribution < -0.4 is 10.6 Å². The first kappa shape index (κ1) is 19.0. The number of benzene rings is 1. The maximum atomic E-state index is 12.4. The van der Waals surface area contributed by atoms with Crippen molar-refractivity contribution in [3.8, 4) is 5.69 Å². The minimum atomic E-state index is -0.305. The number of hydrogen-bond donors (Lipinski definition) is 2. The molecular weight excluding hydrogens is 360 g/mol. The van der Waals surface area contributed by atoms with Crippen LogP contribution in [0.2, 0.25) is 0 Å². The number of hydrogen-bond acceptors (Lipinski definition) is 5. The van der Waals surface area contributed by atoms with E-state index in [4.69, 9.17) is 5.10 Å². The second kappa shape index (κ2) is 7.87. The third-order valence-electron chi connectivity index (χ3n) is 3.93. The predicted octanol–water partition coefficient (Wildman–Crippen LogP) is 3.91. The number of nitrogens with one attached hydrogen (secondary N) is 2. The molecule has 0 saturated carbocycles. The van der Waals surface area contributed by atoms with Crippen molar-refractivity contribution in [1.82, 2.24) is 25.3 Å². The van der Waals surface area contributed by atoms with Crippen molar-refractivity contribution >= 4 is 23.2 Å². The molecule has 142 valence electrons. The van der Waals surface area contributed by atoms with Gasteiger partial charge in [-0.2, -0.15) is 5.10 Å². The van der Waals surface area contributed by atoms with Crippen LogP contribution in [-0.2, 0) is 18.4 Å². The van der Waals surface area contributed by atoms with Gasteiger partial charge in [-0.25, -0.2) is 9.48 Å². The summed E-state index contributed by atoms with van der Waals surface area (Å²) in [7, 11) is 0. The van der Waals surface area contributed by atoms with Gasteiger partial charge in [-0.1, -0.05) is 57.2 Å². The van der Waals surface area contributed by atoms with E-state index in [1.165, 1.54) is 11.3 Å². The van der Waals surface area contributed by atoms with Gasteiger partial charge in [0.1, 0.15) is 15.8 Å². The standard InChI is InChI=1S/C19H24N6OS/c1-5-16-22-23-17(27-16)12-20-18(26)21-15-11-14(19(2,3)4)24-25(15)13-9-7-6-8-10-13/h6-11H,5,12H2,1-4H3,(H2,20,21,26). The molecule has 3 aromatic rings. The van der Waals surface area contributed by atoms with Crippen LogP contribution in [0.5, 0.6) is 0 Å². The van der Waals surface area contributed by atoms with Crippen LogP contribution in [0.4, 0.5) is 10.6 Å². The van der Waals surface area contributed by atoms with Crippen LogP contribution >= 0.6 is 11.3 Å². The van der Waals surface area contributed by atoms with E-state index in [0.29, 0.717) is 12.4 Å². The van der Waals surface area contributed by atoms with Crippen molar-refractivity contribution in [3.63, 3.8) is 0 Å². The van der Waals surface area contributed by atoms with Gasteiger partial charge in [0, 0.05) is 11.5 Å². The van der Waals surface area contributed by atoms with Gasteiger partial charge in [0.2, 0.25) is 0 Å². The van der Waals surface area contributed by atoms with Gasteiger partial charge >= 0.3 is 6.03 Å². The highest BCUT2D eigenvalue weighted by molar-refractivity contribution is 7.11. The van der Waals surface area contributed by atoms with E-state index in [2.05, 4.69) is 41.6 Å². The minimum Gasteiger partial charge on any atom is -0.331 e. The summed E-state index contributed by atoms with van der Waals surface area (Å²) in [5.74, 6) is 0.620. The molecule has 0 aliphatic heterocycles. The molecule has 0 aliphatic rings. The summed E-state index contributed by atoms with van der Waals surface area (Å²) < 4.78 is 1.75. The van der Waals surface area contributed by atoms with Gasteiger partial charge in [0.15, 0.2) is 0 Å². The highest BCUT2D eigenvalue weighted by Gasteiger charge is 2.21. The third kappa shape index (κ3) is 4.71. The molecule has 3 rings (SSSR count). The maximum absolute atomic E-state index is 12.4. The molecule has 0 aliphatic carbocycles. The molecule has 0 unspecified atom stereocenters. The summed E-state index contributed by atoms with van der Waals surface area (Å²) >= 11 is 1.51. The molecule has 0 atom stereocenters. The van der Waals surface area contributed by atoms with Crippen molar-refractivity contribution in [2.24, 2.45) is 0 Å². The van der Waals surface area contributed by atoms with Gasteiger partial charge in [-0.05, 0) is 18.6 Å². The summed E-state index contributed by atoms with van der Waals surface area (Å²) in [5, 5.41) is 20.3. The minimum absolute atomic E-state index is 0.129. The second-order valence-electron chi connectivity index (χ2n) is 7.16. The summed E-state index contributed by atoms with van der Waals surface area (Å²) in [6.45, 7) is 8.65. The number of amides is 2. The number of aryl methyl sites for hydroxylation is 1. The average Bonchev–Trinajstić information content (AvgIpc) is 3.27. The first-order chi connectivity index (χ1) is 12.9. The topological polar surface area (TPSA) is 84.7 Å². The number of aromatic nitrogens is 4. The molecule has 27 heavy (non-hydrogen) atoms. The van der Waals surface area contributed by atoms with Crippen LogP contribution in [0, 0.1) is 0 Å². The monoisotopic (exact) mass is 384 g/mol. The predicted molar refractivity (Wildman–Crippen MR) is 107 cm³/mol. The fourth-order valence-electron chi connectivity index (χ4n) is 2.42. The highest BCUT2D eigenvalue weighted by Crippen LogP contribution is 2.26. The first-order valence-electron chi connectivity index (χ1n) is 8.89. The van der Waals surface area contributed by atoms with Crippen molar-refractivity contribution in [2.45, 2.75) is 46.1 Å². The van der Waals surface area contributed by atoms with E-state index in [1.54, 1.807) is 4.68 Å². The highest BCUT2D eigenvalue weighted by atomic mass is 32.1. The Balaban J connectivity index is 1.76. The fourth-order valence-corrected chi connectivity index (χ4v) is 3.15. The smallest absolute Gasteiger partial charge is 0.320 e. The number of rotatable bonds is 5. The SMILES string of the molecule is CCc1nnc(CNC(=O)Nc2cc(C(C)(C)C)nn2-c2ccccc2)s1. The molecule has 8 heteroatoms. The average molecular weight is 385 g/mol. The Bertz CT molecular complexity index is 910. The second-order valence-corrected chi connectivity index (χ2v) is 8.31. The van der Waals surface area contributed by atoms with E-state index in [-0.39, 0.29) is 11.4 Å². The zero-order valence-electron chi connectivity index (χ0n) is 16.0. The summed E-state index contributed by atoms with van der Waals surface area (Å²) in [5.41, 5.74) is 1.66. The van der Waals surface area contributed by atoms with E-state index in [0.717, 1.165) is 27.8 Å². The molecule has 2 N–H and O–H groups in total. The Morgan fingerprint density at radius 1 is 1.15 bits per heavy atom. The van der Waals surface area contributed by atoms with Gasteiger partial charge < -0.3 is 5.32 Å². The molecule has 1 aromatic carbocycles. The van der Waals surface area contributed by atoms with Crippen molar-refractivity contribution in [1.29, 1.82) is 0 Å². The van der Waals surface area contributed by atoms with E-state index < -0.39 is 0 Å². The van der Waals surface area contributed by atoms with Crippen LogP contribution in [0.1, 0.15) is 43.4 Å². The molecule has 2 aromatic heterocycles. The summed E-state index contributed by atoms with van der Waals surface area (Å²) in [6.07, 6.45) is 0.843. The lowest BCUT2D eigenvalue weighted by Gasteiger charge is -2.14. The molecule has 0 saturated heterocycles. The Hall–Kier alpha value is -2.74. The number of carbonyl (C=O) groups excluding carboxylic acids is 1. The quantitative estimate of drug-likeness (QED) is 0.698. The van der Waals surface area contributed by atoms with Crippen LogP contribution in [0.15, 0.2) is 36.4 Å². The first-order valence-corrected chi connectivity index (χ1v) is 9.70. The number of para-hydroxylation sites is 1. The molecule has 0 bridgehead atoms. The van der Waals surface area contributed by atoms with E-state index in [9.17, 15) is 4.79 Å². The molecular formula is C19H24N6OS. The molecule has 0 spiro atoms. The lowest BCUT2D eigenvalue weighted by Crippen LogP contribution is -2.29. The van der Waals surface area contributed by atoms with Crippen molar-refractivity contribution in [2.75, 3.05) is 5.32 Å². The Morgan fingerprint density at radius 2 is 1.85 bits per heavy atom. The Kier molecular flexibility index (Phi) is 5.55.